The summed E-state index contributed by atoms with van der Waals surface area (Å²) >= 11 is 0. The maximum Gasteiger partial charge on any atom is 0.225 e. The summed E-state index contributed by atoms with van der Waals surface area (Å²) in [6.45, 7) is 7.82. The summed E-state index contributed by atoms with van der Waals surface area (Å²) in [6, 6.07) is 0. The number of hydrogen-bond acceptors (Lipinski definition) is 4. The van der Waals surface area contributed by atoms with E-state index < -0.39 is 0 Å². The third-order valence-corrected chi connectivity index (χ3v) is 5.26. The first kappa shape index (κ1) is 16.2. The minimum atomic E-state index is 0.200. The van der Waals surface area contributed by atoms with Crippen LogP contribution in [-0.2, 0) is 9.53 Å². The van der Waals surface area contributed by atoms with Gasteiger partial charge in [0.15, 0.2) is 0 Å². The molecular formula is C17H31N3O2. The van der Waals surface area contributed by atoms with Crippen molar-refractivity contribution in [2.24, 2.45) is 5.92 Å². The van der Waals surface area contributed by atoms with E-state index in [1.807, 2.05) is 0 Å². The number of nitrogens with zero attached hydrogens (tertiary/aromatic N) is 2. The lowest BCUT2D eigenvalue weighted by atomic mass is 9.96. The van der Waals surface area contributed by atoms with Gasteiger partial charge in [0, 0.05) is 32.2 Å². The molecule has 3 fully saturated rings. The Bertz CT molecular complexity index is 352. The molecule has 0 aromatic heterocycles. The number of amides is 1. The monoisotopic (exact) mass is 309 g/mol. The standard InChI is InChI=1S/C17H31N3O2/c21-17(15-5-7-18-8-6-15)20-11-4-12-22-16(14-20)13-19-9-2-1-3-10-19/h15-16,18H,1-14H2/t16-/m0/s1. The fraction of sp³-hybridized carbons (Fsp3) is 0.941. The van der Waals surface area contributed by atoms with Crippen LogP contribution in [0.25, 0.3) is 0 Å². The van der Waals surface area contributed by atoms with Gasteiger partial charge in [-0.25, -0.2) is 0 Å². The van der Waals surface area contributed by atoms with E-state index in [4.69, 9.17) is 4.74 Å². The summed E-state index contributed by atoms with van der Waals surface area (Å²) in [4.78, 5) is 17.4. The van der Waals surface area contributed by atoms with Crippen LogP contribution in [0.1, 0.15) is 38.5 Å². The van der Waals surface area contributed by atoms with Crippen molar-refractivity contribution in [3.05, 3.63) is 0 Å². The van der Waals surface area contributed by atoms with Gasteiger partial charge in [0.2, 0.25) is 5.91 Å². The molecule has 3 aliphatic rings. The minimum Gasteiger partial charge on any atom is -0.375 e. The Hall–Kier alpha value is -0.650. The van der Waals surface area contributed by atoms with Crippen LogP contribution in [0, 0.1) is 5.92 Å². The quantitative estimate of drug-likeness (QED) is 0.848. The number of piperidine rings is 2. The second-order valence-electron chi connectivity index (χ2n) is 7.02. The SMILES string of the molecule is O=C(C1CCNCC1)N1CCCO[C@@H](CN2CCCCC2)C1. The molecule has 0 aliphatic carbocycles. The average Bonchev–Trinajstić information content (AvgIpc) is 2.81. The average molecular weight is 309 g/mol. The summed E-state index contributed by atoms with van der Waals surface area (Å²) in [7, 11) is 0. The topological polar surface area (TPSA) is 44.8 Å². The molecular weight excluding hydrogens is 278 g/mol. The van der Waals surface area contributed by atoms with Gasteiger partial charge in [-0.2, -0.15) is 0 Å². The first-order valence-corrected chi connectivity index (χ1v) is 9.16. The highest BCUT2D eigenvalue weighted by Crippen LogP contribution is 2.18. The normalized spacial score (nSPS) is 29.3. The van der Waals surface area contributed by atoms with Crippen molar-refractivity contribution < 1.29 is 9.53 Å². The minimum absolute atomic E-state index is 0.200. The molecule has 5 heteroatoms. The van der Waals surface area contributed by atoms with Gasteiger partial charge < -0.3 is 19.9 Å². The molecule has 1 N–H and O–H groups in total. The Morgan fingerprint density at radius 3 is 2.59 bits per heavy atom. The molecule has 3 heterocycles. The van der Waals surface area contributed by atoms with Crippen LogP contribution in [0.2, 0.25) is 0 Å². The van der Waals surface area contributed by atoms with Gasteiger partial charge in [-0.3, -0.25) is 4.79 Å². The van der Waals surface area contributed by atoms with Crippen LogP contribution in [0.3, 0.4) is 0 Å². The predicted molar refractivity (Wildman–Crippen MR) is 86.8 cm³/mol. The summed E-state index contributed by atoms with van der Waals surface area (Å²) in [6.07, 6.45) is 7.15. The fourth-order valence-electron chi connectivity index (χ4n) is 3.96. The molecule has 3 aliphatic heterocycles. The molecule has 0 unspecified atom stereocenters. The van der Waals surface area contributed by atoms with Gasteiger partial charge in [-0.05, 0) is 58.3 Å². The van der Waals surface area contributed by atoms with Gasteiger partial charge in [-0.1, -0.05) is 6.42 Å². The number of hydrogen-bond donors (Lipinski definition) is 1. The van der Waals surface area contributed by atoms with Crippen molar-refractivity contribution in [3.63, 3.8) is 0 Å². The molecule has 0 saturated carbocycles. The molecule has 0 aromatic carbocycles. The zero-order valence-corrected chi connectivity index (χ0v) is 13.8. The second kappa shape index (κ2) is 8.27. The highest BCUT2D eigenvalue weighted by molar-refractivity contribution is 5.79. The van der Waals surface area contributed by atoms with E-state index in [9.17, 15) is 4.79 Å². The molecule has 1 amide bonds. The smallest absolute Gasteiger partial charge is 0.225 e. The van der Waals surface area contributed by atoms with Crippen molar-refractivity contribution in [1.29, 1.82) is 0 Å². The fourth-order valence-corrected chi connectivity index (χ4v) is 3.96. The number of ether oxygens (including phenoxy) is 1. The third kappa shape index (κ3) is 4.43. The van der Waals surface area contributed by atoms with Crippen molar-refractivity contribution in [3.8, 4) is 0 Å². The van der Waals surface area contributed by atoms with Gasteiger partial charge >= 0.3 is 0 Å². The molecule has 0 bridgehead atoms. The summed E-state index contributed by atoms with van der Waals surface area (Å²) in [5.74, 6) is 0.602. The van der Waals surface area contributed by atoms with Crippen LogP contribution < -0.4 is 5.32 Å². The number of rotatable bonds is 3. The molecule has 3 rings (SSSR count). The van der Waals surface area contributed by atoms with Crippen molar-refractivity contribution >= 4 is 5.91 Å². The van der Waals surface area contributed by atoms with Gasteiger partial charge in [0.1, 0.15) is 0 Å². The van der Waals surface area contributed by atoms with E-state index in [0.29, 0.717) is 5.91 Å². The largest absolute Gasteiger partial charge is 0.375 e. The molecule has 3 saturated heterocycles. The second-order valence-corrected chi connectivity index (χ2v) is 7.02. The first-order valence-electron chi connectivity index (χ1n) is 9.16. The Labute approximate surface area is 134 Å². The van der Waals surface area contributed by atoms with Gasteiger partial charge in [0.05, 0.1) is 6.10 Å². The Morgan fingerprint density at radius 1 is 1.05 bits per heavy atom. The third-order valence-electron chi connectivity index (χ3n) is 5.26. The summed E-state index contributed by atoms with van der Waals surface area (Å²) in [5.41, 5.74) is 0. The Balaban J connectivity index is 1.53. The van der Waals surface area contributed by atoms with Crippen LogP contribution in [0.5, 0.6) is 0 Å². The van der Waals surface area contributed by atoms with E-state index in [0.717, 1.165) is 58.6 Å². The maximum atomic E-state index is 12.8. The summed E-state index contributed by atoms with van der Waals surface area (Å²) < 4.78 is 6.03. The molecule has 0 aromatic rings. The van der Waals surface area contributed by atoms with Crippen LogP contribution in [0.15, 0.2) is 0 Å². The molecule has 5 nitrogen and oxygen atoms in total. The highest BCUT2D eigenvalue weighted by atomic mass is 16.5. The Morgan fingerprint density at radius 2 is 1.82 bits per heavy atom. The van der Waals surface area contributed by atoms with Gasteiger partial charge in [-0.15, -0.1) is 0 Å². The first-order chi connectivity index (χ1) is 10.8. The van der Waals surface area contributed by atoms with Crippen molar-refractivity contribution in [2.45, 2.75) is 44.6 Å². The number of likely N-dealkylation sites (tertiary alicyclic amines) is 1. The number of carbonyl (C=O) groups is 1. The highest BCUT2D eigenvalue weighted by Gasteiger charge is 2.29. The maximum absolute atomic E-state index is 12.8. The van der Waals surface area contributed by atoms with Gasteiger partial charge in [0.25, 0.3) is 0 Å². The van der Waals surface area contributed by atoms with E-state index in [2.05, 4.69) is 15.1 Å². The van der Waals surface area contributed by atoms with E-state index >= 15 is 0 Å². The lowest BCUT2D eigenvalue weighted by Gasteiger charge is -2.33. The lowest BCUT2D eigenvalue weighted by Crippen LogP contribution is -2.46. The molecule has 0 spiro atoms. The van der Waals surface area contributed by atoms with Crippen molar-refractivity contribution in [1.82, 2.24) is 15.1 Å². The summed E-state index contributed by atoms with van der Waals surface area (Å²) in [5, 5.41) is 3.35. The van der Waals surface area contributed by atoms with E-state index in [1.54, 1.807) is 0 Å². The molecule has 22 heavy (non-hydrogen) atoms. The van der Waals surface area contributed by atoms with Crippen LogP contribution >= 0.6 is 0 Å². The predicted octanol–water partition coefficient (Wildman–Crippen LogP) is 1.09. The van der Waals surface area contributed by atoms with Crippen LogP contribution in [-0.4, -0.2) is 74.2 Å². The molecule has 0 radical (unpaired) electrons. The number of nitrogens with one attached hydrogen (secondary N) is 1. The molecule has 1 atom stereocenters. The lowest BCUT2D eigenvalue weighted by molar-refractivity contribution is -0.137. The zero-order valence-electron chi connectivity index (χ0n) is 13.8. The van der Waals surface area contributed by atoms with E-state index in [-0.39, 0.29) is 12.0 Å². The zero-order chi connectivity index (χ0) is 15.2. The number of carbonyl (C=O) groups excluding carboxylic acids is 1. The van der Waals surface area contributed by atoms with E-state index in [1.165, 1.54) is 32.4 Å². The Kier molecular flexibility index (Phi) is 6.10. The van der Waals surface area contributed by atoms with Crippen molar-refractivity contribution in [2.75, 3.05) is 52.4 Å². The molecule has 126 valence electrons. The van der Waals surface area contributed by atoms with Crippen LogP contribution in [0.4, 0.5) is 0 Å².